The van der Waals surface area contributed by atoms with Gasteiger partial charge in [0.15, 0.2) is 0 Å². The van der Waals surface area contributed by atoms with Crippen LogP contribution in [-0.2, 0) is 4.79 Å². The molecule has 0 fully saturated rings. The highest BCUT2D eigenvalue weighted by Gasteiger charge is 2.19. The molecule has 6 heteroatoms. The Hall–Kier alpha value is -2.24. The highest BCUT2D eigenvalue weighted by Crippen LogP contribution is 2.25. The Morgan fingerprint density at radius 2 is 1.90 bits per heavy atom. The summed E-state index contributed by atoms with van der Waals surface area (Å²) < 4.78 is 0. The van der Waals surface area contributed by atoms with Crippen LogP contribution in [-0.4, -0.2) is 43.9 Å². The van der Waals surface area contributed by atoms with E-state index >= 15 is 0 Å². The number of nitrogens with two attached hydrogens (primary N) is 2. The highest BCUT2D eigenvalue weighted by atomic mass is 16.2. The van der Waals surface area contributed by atoms with Gasteiger partial charge < -0.3 is 21.3 Å². The molecule has 0 aromatic heterocycles. The molecule has 21 heavy (non-hydrogen) atoms. The Morgan fingerprint density at radius 3 is 2.43 bits per heavy atom. The molecule has 116 valence electrons. The smallest absolute Gasteiger partial charge is 0.255 e. The lowest BCUT2D eigenvalue weighted by Gasteiger charge is -2.26. The highest BCUT2D eigenvalue weighted by molar-refractivity contribution is 6.00. The monoisotopic (exact) mass is 292 g/mol. The molecule has 0 heterocycles. The van der Waals surface area contributed by atoms with E-state index in [-0.39, 0.29) is 12.5 Å². The molecule has 0 atom stereocenters. The minimum Gasteiger partial charge on any atom is -0.399 e. The van der Waals surface area contributed by atoms with Gasteiger partial charge in [0.1, 0.15) is 0 Å². The largest absolute Gasteiger partial charge is 0.399 e. The molecule has 1 aromatic rings. The van der Waals surface area contributed by atoms with Crippen LogP contribution in [0.25, 0.3) is 0 Å². The minimum atomic E-state index is -0.434. The van der Waals surface area contributed by atoms with Crippen LogP contribution in [0.1, 0.15) is 30.1 Å². The lowest BCUT2D eigenvalue weighted by atomic mass is 10.1. The van der Waals surface area contributed by atoms with Gasteiger partial charge in [0, 0.05) is 26.3 Å². The molecule has 0 bridgehead atoms. The molecule has 0 radical (unpaired) electrons. The third-order valence-electron chi connectivity index (χ3n) is 3.13. The van der Waals surface area contributed by atoms with Crippen molar-refractivity contribution in [3.05, 3.63) is 23.8 Å². The Labute approximate surface area is 125 Å². The Morgan fingerprint density at radius 1 is 1.24 bits per heavy atom. The lowest BCUT2D eigenvalue weighted by molar-refractivity contribution is -0.116. The molecule has 0 saturated heterocycles. The first kappa shape index (κ1) is 16.8. The zero-order valence-corrected chi connectivity index (χ0v) is 12.9. The molecule has 0 unspecified atom stereocenters. The SMILES string of the molecule is CCCCN(CC(N)=O)c1cc(N)ccc1C(=O)N(C)C. The van der Waals surface area contributed by atoms with E-state index in [1.54, 1.807) is 32.3 Å². The standard InChI is InChI=1S/C15H24N4O2/c1-4-5-8-19(10-14(17)20)13-9-11(16)6-7-12(13)15(21)18(2)3/h6-7,9H,4-5,8,10,16H2,1-3H3,(H2,17,20). The molecule has 0 aliphatic carbocycles. The van der Waals surface area contributed by atoms with E-state index in [0.717, 1.165) is 12.8 Å². The zero-order valence-electron chi connectivity index (χ0n) is 12.9. The molecule has 0 spiro atoms. The number of primary amides is 1. The average molecular weight is 292 g/mol. The van der Waals surface area contributed by atoms with Gasteiger partial charge >= 0.3 is 0 Å². The number of unbranched alkanes of at least 4 members (excludes halogenated alkanes) is 1. The Balaban J connectivity index is 3.23. The summed E-state index contributed by atoms with van der Waals surface area (Å²) in [5.41, 5.74) is 12.9. The van der Waals surface area contributed by atoms with Crippen molar-refractivity contribution in [1.29, 1.82) is 0 Å². The third kappa shape index (κ3) is 4.66. The van der Waals surface area contributed by atoms with Crippen molar-refractivity contribution < 1.29 is 9.59 Å². The van der Waals surface area contributed by atoms with E-state index < -0.39 is 5.91 Å². The molecule has 2 amide bonds. The predicted molar refractivity (Wildman–Crippen MR) is 85.2 cm³/mol. The van der Waals surface area contributed by atoms with Gasteiger partial charge in [-0.05, 0) is 24.6 Å². The fraction of sp³-hybridized carbons (Fsp3) is 0.467. The minimum absolute atomic E-state index is 0.0666. The first-order valence-corrected chi connectivity index (χ1v) is 7.01. The summed E-state index contributed by atoms with van der Waals surface area (Å²) in [5, 5.41) is 0. The van der Waals surface area contributed by atoms with Crippen LogP contribution in [0.3, 0.4) is 0 Å². The van der Waals surface area contributed by atoms with Crippen LogP contribution in [0.2, 0.25) is 0 Å². The van der Waals surface area contributed by atoms with Gasteiger partial charge in [-0.2, -0.15) is 0 Å². The molecular weight excluding hydrogens is 268 g/mol. The maximum absolute atomic E-state index is 12.3. The van der Waals surface area contributed by atoms with Gasteiger partial charge in [0.05, 0.1) is 17.8 Å². The van der Waals surface area contributed by atoms with E-state index in [9.17, 15) is 9.59 Å². The van der Waals surface area contributed by atoms with Gasteiger partial charge in [0.25, 0.3) is 5.91 Å². The van der Waals surface area contributed by atoms with Crippen LogP contribution in [0, 0.1) is 0 Å². The van der Waals surface area contributed by atoms with Gasteiger partial charge in [-0.25, -0.2) is 0 Å². The summed E-state index contributed by atoms with van der Waals surface area (Å²) in [6.45, 7) is 2.78. The Kier molecular flexibility index (Phi) is 6.02. The molecule has 0 aliphatic heterocycles. The van der Waals surface area contributed by atoms with Crippen molar-refractivity contribution in [3.63, 3.8) is 0 Å². The second-order valence-electron chi connectivity index (χ2n) is 5.22. The van der Waals surface area contributed by atoms with Gasteiger partial charge in [-0.3, -0.25) is 9.59 Å². The van der Waals surface area contributed by atoms with Crippen molar-refractivity contribution in [2.75, 3.05) is 37.8 Å². The van der Waals surface area contributed by atoms with Crippen molar-refractivity contribution in [3.8, 4) is 0 Å². The van der Waals surface area contributed by atoms with Crippen molar-refractivity contribution >= 4 is 23.2 Å². The number of benzene rings is 1. The second-order valence-corrected chi connectivity index (χ2v) is 5.22. The zero-order chi connectivity index (χ0) is 16.0. The number of nitrogens with zero attached hydrogens (tertiary/aromatic N) is 2. The first-order chi connectivity index (χ1) is 9.86. The van der Waals surface area contributed by atoms with Crippen molar-refractivity contribution in [1.82, 2.24) is 4.90 Å². The number of anilines is 2. The van der Waals surface area contributed by atoms with E-state index in [1.807, 2.05) is 4.90 Å². The predicted octanol–water partition coefficient (Wildman–Crippen LogP) is 1.06. The molecule has 1 aromatic carbocycles. The maximum Gasteiger partial charge on any atom is 0.255 e. The Bertz CT molecular complexity index is 514. The van der Waals surface area contributed by atoms with E-state index in [2.05, 4.69) is 6.92 Å². The number of nitrogen functional groups attached to an aromatic ring is 1. The quantitative estimate of drug-likeness (QED) is 0.735. The molecule has 6 nitrogen and oxygen atoms in total. The fourth-order valence-electron chi connectivity index (χ4n) is 2.05. The lowest BCUT2D eigenvalue weighted by Crippen LogP contribution is -2.36. The average Bonchev–Trinajstić information content (AvgIpc) is 2.42. The molecule has 0 saturated carbocycles. The number of hydrogen-bond acceptors (Lipinski definition) is 4. The number of rotatable bonds is 7. The number of hydrogen-bond donors (Lipinski definition) is 2. The van der Waals surface area contributed by atoms with Crippen LogP contribution in [0.15, 0.2) is 18.2 Å². The third-order valence-corrected chi connectivity index (χ3v) is 3.13. The van der Waals surface area contributed by atoms with Crippen molar-refractivity contribution in [2.45, 2.75) is 19.8 Å². The normalized spacial score (nSPS) is 10.2. The van der Waals surface area contributed by atoms with Gasteiger partial charge in [-0.1, -0.05) is 13.3 Å². The van der Waals surface area contributed by atoms with Gasteiger partial charge in [-0.15, -0.1) is 0 Å². The number of amides is 2. The molecular formula is C15H24N4O2. The summed E-state index contributed by atoms with van der Waals surface area (Å²) in [6, 6.07) is 5.09. The summed E-state index contributed by atoms with van der Waals surface area (Å²) in [4.78, 5) is 26.9. The summed E-state index contributed by atoms with van der Waals surface area (Å²) in [7, 11) is 3.37. The number of carbonyl (C=O) groups is 2. The fourth-order valence-corrected chi connectivity index (χ4v) is 2.05. The molecule has 1 rings (SSSR count). The van der Waals surface area contributed by atoms with Crippen LogP contribution in [0.5, 0.6) is 0 Å². The number of carbonyl (C=O) groups excluding carboxylic acids is 2. The van der Waals surface area contributed by atoms with E-state index in [4.69, 9.17) is 11.5 Å². The topological polar surface area (TPSA) is 92.7 Å². The van der Waals surface area contributed by atoms with E-state index in [1.165, 1.54) is 4.90 Å². The molecule has 4 N–H and O–H groups in total. The molecule has 0 aliphatic rings. The summed E-state index contributed by atoms with van der Waals surface area (Å²) >= 11 is 0. The van der Waals surface area contributed by atoms with Crippen LogP contribution < -0.4 is 16.4 Å². The first-order valence-electron chi connectivity index (χ1n) is 7.01. The van der Waals surface area contributed by atoms with Gasteiger partial charge in [0.2, 0.25) is 5.91 Å². The van der Waals surface area contributed by atoms with Crippen LogP contribution >= 0.6 is 0 Å². The van der Waals surface area contributed by atoms with Crippen LogP contribution in [0.4, 0.5) is 11.4 Å². The summed E-state index contributed by atoms with van der Waals surface area (Å²) in [5.74, 6) is -0.562. The second kappa shape index (κ2) is 7.52. The van der Waals surface area contributed by atoms with Crippen molar-refractivity contribution in [2.24, 2.45) is 5.73 Å². The maximum atomic E-state index is 12.3. The summed E-state index contributed by atoms with van der Waals surface area (Å²) in [6.07, 6.45) is 1.88. The van der Waals surface area contributed by atoms with E-state index in [0.29, 0.717) is 23.5 Å².